The maximum absolute atomic E-state index is 6.55. The van der Waals surface area contributed by atoms with Crippen LogP contribution in [0.5, 0.6) is 0 Å². The molecule has 0 amide bonds. The number of rotatable bonds is 22. The summed E-state index contributed by atoms with van der Waals surface area (Å²) in [5.74, 6) is 0. The highest BCUT2D eigenvalue weighted by Gasteiger charge is 2.45. The average molecular weight is 531 g/mol. The Balaban J connectivity index is 1.98. The fourth-order valence-electron chi connectivity index (χ4n) is 5.19. The molecule has 2 aliphatic heterocycles. The topological polar surface area (TPSA) is 64.6 Å². The van der Waals surface area contributed by atoms with E-state index in [1.165, 1.54) is 25.7 Å². The lowest BCUT2D eigenvalue weighted by Crippen LogP contribution is -2.46. The second kappa shape index (κ2) is 18.1. The highest BCUT2D eigenvalue weighted by molar-refractivity contribution is 4.93. The van der Waals surface area contributed by atoms with E-state index in [0.717, 1.165) is 38.5 Å². The van der Waals surface area contributed by atoms with Gasteiger partial charge >= 0.3 is 0 Å². The van der Waals surface area contributed by atoms with Crippen molar-refractivity contribution in [3.05, 3.63) is 0 Å². The maximum atomic E-state index is 6.55. The Kier molecular flexibility index (Phi) is 16.1. The summed E-state index contributed by atoms with van der Waals surface area (Å²) in [6.45, 7) is 17.5. The highest BCUT2D eigenvalue weighted by Crippen LogP contribution is 2.35. The van der Waals surface area contributed by atoms with Crippen LogP contribution in [0.4, 0.5) is 0 Å². The van der Waals surface area contributed by atoms with Gasteiger partial charge in [0.1, 0.15) is 11.2 Å². The first-order chi connectivity index (χ1) is 17.9. The van der Waals surface area contributed by atoms with Crippen LogP contribution in [-0.2, 0) is 33.2 Å². The van der Waals surface area contributed by atoms with E-state index in [2.05, 4.69) is 27.7 Å². The van der Waals surface area contributed by atoms with Crippen LogP contribution in [0.3, 0.4) is 0 Å². The molecule has 2 aliphatic rings. The quantitative estimate of drug-likeness (QED) is 0.167. The minimum atomic E-state index is -0.442. The second-order valence-electron chi connectivity index (χ2n) is 11.3. The number of ether oxygens (including phenoxy) is 7. The molecule has 7 heteroatoms. The van der Waals surface area contributed by atoms with Gasteiger partial charge in [-0.1, -0.05) is 39.5 Å². The van der Waals surface area contributed by atoms with E-state index >= 15 is 0 Å². The first kappa shape index (κ1) is 32.9. The third-order valence-electron chi connectivity index (χ3n) is 7.61. The monoisotopic (exact) mass is 530 g/mol. The lowest BCUT2D eigenvalue weighted by Gasteiger charge is -2.34. The van der Waals surface area contributed by atoms with Crippen LogP contribution < -0.4 is 0 Å². The standard InChI is InChI=1S/C30H58O7/c1-7-11-13-25(5)34-23-29(17-15-27(36-29)19-31-9-3)21-33-22-30(24-35-26(6)14-12-8-2)18-16-28(37-30)20-32-10-4/h25-28H,7-24H2,1-6H3. The minimum absolute atomic E-state index is 0.0908. The van der Waals surface area contributed by atoms with Crippen molar-refractivity contribution in [1.82, 2.24) is 0 Å². The van der Waals surface area contributed by atoms with Gasteiger partial charge in [0.25, 0.3) is 0 Å². The van der Waals surface area contributed by atoms with E-state index in [1.807, 2.05) is 13.8 Å². The summed E-state index contributed by atoms with van der Waals surface area (Å²) in [5.41, 5.74) is -0.885. The Morgan fingerprint density at radius 3 is 1.46 bits per heavy atom. The molecule has 0 radical (unpaired) electrons. The van der Waals surface area contributed by atoms with Crippen LogP contribution >= 0.6 is 0 Å². The van der Waals surface area contributed by atoms with Gasteiger partial charge in [0.2, 0.25) is 0 Å². The molecule has 0 saturated carbocycles. The van der Waals surface area contributed by atoms with Crippen molar-refractivity contribution >= 4 is 0 Å². The fourth-order valence-corrected chi connectivity index (χ4v) is 5.19. The molecule has 0 bridgehead atoms. The number of hydrogen-bond donors (Lipinski definition) is 0. The van der Waals surface area contributed by atoms with E-state index < -0.39 is 11.2 Å². The predicted molar refractivity (Wildman–Crippen MR) is 147 cm³/mol. The molecule has 2 heterocycles. The van der Waals surface area contributed by atoms with Gasteiger partial charge in [-0.05, 0) is 66.2 Å². The summed E-state index contributed by atoms with van der Waals surface area (Å²) < 4.78 is 43.5. The minimum Gasteiger partial charge on any atom is -0.379 e. The molecule has 220 valence electrons. The van der Waals surface area contributed by atoms with E-state index in [9.17, 15) is 0 Å². The van der Waals surface area contributed by atoms with Gasteiger partial charge in [-0.2, -0.15) is 0 Å². The Morgan fingerprint density at radius 1 is 0.649 bits per heavy atom. The maximum Gasteiger partial charge on any atom is 0.115 e. The van der Waals surface area contributed by atoms with Crippen LogP contribution in [0, 0.1) is 0 Å². The Morgan fingerprint density at radius 2 is 1.08 bits per heavy atom. The van der Waals surface area contributed by atoms with Crippen LogP contribution in [0.1, 0.15) is 106 Å². The van der Waals surface area contributed by atoms with E-state index in [1.54, 1.807) is 0 Å². The Bertz CT molecular complexity index is 528. The average Bonchev–Trinajstić information content (AvgIpc) is 3.50. The third kappa shape index (κ3) is 12.2. The van der Waals surface area contributed by atoms with Crippen LogP contribution in [0.15, 0.2) is 0 Å². The molecule has 0 aliphatic carbocycles. The Hall–Kier alpha value is -0.280. The molecule has 6 atom stereocenters. The largest absolute Gasteiger partial charge is 0.379 e. The summed E-state index contributed by atoms with van der Waals surface area (Å²) >= 11 is 0. The lowest BCUT2D eigenvalue weighted by molar-refractivity contribution is -0.180. The van der Waals surface area contributed by atoms with Crippen LogP contribution in [0.25, 0.3) is 0 Å². The van der Waals surface area contributed by atoms with Crippen molar-refractivity contribution in [3.8, 4) is 0 Å². The van der Waals surface area contributed by atoms with Gasteiger partial charge in [0.05, 0.1) is 64.1 Å². The molecule has 0 N–H and O–H groups in total. The highest BCUT2D eigenvalue weighted by atomic mass is 16.6. The predicted octanol–water partition coefficient (Wildman–Crippen LogP) is 6.10. The zero-order chi connectivity index (χ0) is 27.0. The molecule has 2 saturated heterocycles. The van der Waals surface area contributed by atoms with E-state index in [-0.39, 0.29) is 24.4 Å². The van der Waals surface area contributed by atoms with Crippen molar-refractivity contribution in [2.45, 2.75) is 141 Å². The summed E-state index contributed by atoms with van der Waals surface area (Å²) in [5, 5.41) is 0. The molecule has 0 aromatic heterocycles. The molecule has 0 aromatic rings. The normalized spacial score (nSPS) is 29.7. The SMILES string of the molecule is CCCCC(C)OCC1(COCC2(COC(C)CCCC)CCC(COCC)O2)CCC(COCC)O1. The van der Waals surface area contributed by atoms with Crippen LogP contribution in [0.2, 0.25) is 0 Å². The molecule has 0 aromatic carbocycles. The van der Waals surface area contributed by atoms with Crippen molar-refractivity contribution in [3.63, 3.8) is 0 Å². The summed E-state index contributed by atoms with van der Waals surface area (Å²) in [4.78, 5) is 0. The van der Waals surface area contributed by atoms with Gasteiger partial charge in [-0.3, -0.25) is 0 Å². The van der Waals surface area contributed by atoms with Crippen molar-refractivity contribution in [1.29, 1.82) is 0 Å². The molecular formula is C30H58O7. The lowest BCUT2D eigenvalue weighted by atomic mass is 10.00. The van der Waals surface area contributed by atoms with Crippen molar-refractivity contribution in [2.75, 3.05) is 52.9 Å². The van der Waals surface area contributed by atoms with Gasteiger partial charge in [0.15, 0.2) is 0 Å². The smallest absolute Gasteiger partial charge is 0.115 e. The zero-order valence-electron chi connectivity index (χ0n) is 24.9. The summed E-state index contributed by atoms with van der Waals surface area (Å²) in [6.07, 6.45) is 11.2. The third-order valence-corrected chi connectivity index (χ3v) is 7.61. The first-order valence-electron chi connectivity index (χ1n) is 15.2. The molecule has 0 spiro atoms. The second-order valence-corrected chi connectivity index (χ2v) is 11.3. The summed E-state index contributed by atoms with van der Waals surface area (Å²) in [6, 6.07) is 0. The van der Waals surface area contributed by atoms with Gasteiger partial charge in [-0.25, -0.2) is 0 Å². The van der Waals surface area contributed by atoms with Gasteiger partial charge < -0.3 is 33.2 Å². The molecule has 2 fully saturated rings. The zero-order valence-corrected chi connectivity index (χ0v) is 24.9. The number of hydrogen-bond acceptors (Lipinski definition) is 7. The van der Waals surface area contributed by atoms with Crippen molar-refractivity contribution < 1.29 is 33.2 Å². The van der Waals surface area contributed by atoms with Gasteiger partial charge in [-0.15, -0.1) is 0 Å². The molecule has 6 unspecified atom stereocenters. The Labute approximate surface area is 227 Å². The van der Waals surface area contributed by atoms with Crippen LogP contribution in [-0.4, -0.2) is 88.5 Å². The number of unbranched alkanes of at least 4 members (excludes halogenated alkanes) is 2. The van der Waals surface area contributed by atoms with E-state index in [0.29, 0.717) is 52.9 Å². The molecule has 2 rings (SSSR count). The fraction of sp³-hybridized carbons (Fsp3) is 1.00. The summed E-state index contributed by atoms with van der Waals surface area (Å²) in [7, 11) is 0. The van der Waals surface area contributed by atoms with Crippen molar-refractivity contribution in [2.24, 2.45) is 0 Å². The first-order valence-corrected chi connectivity index (χ1v) is 15.2. The molecule has 7 nitrogen and oxygen atoms in total. The van der Waals surface area contributed by atoms with E-state index in [4.69, 9.17) is 33.2 Å². The molecule has 37 heavy (non-hydrogen) atoms. The molecular weight excluding hydrogens is 472 g/mol. The van der Waals surface area contributed by atoms with Gasteiger partial charge in [0, 0.05) is 13.2 Å².